The van der Waals surface area contributed by atoms with Crippen molar-refractivity contribution < 1.29 is 29.0 Å². The molecule has 2 fully saturated rings. The molecule has 0 aliphatic carbocycles. The summed E-state index contributed by atoms with van der Waals surface area (Å²) in [6.45, 7) is 0.101. The van der Waals surface area contributed by atoms with E-state index in [2.05, 4.69) is 6.07 Å². The van der Waals surface area contributed by atoms with E-state index in [1.165, 1.54) is 0 Å². The summed E-state index contributed by atoms with van der Waals surface area (Å²) in [7, 11) is 0. The first kappa shape index (κ1) is 17.1. The van der Waals surface area contributed by atoms with Crippen LogP contribution >= 0.6 is 0 Å². The van der Waals surface area contributed by atoms with Crippen molar-refractivity contribution in [3.8, 4) is 6.07 Å². The van der Waals surface area contributed by atoms with Crippen molar-refractivity contribution in [3.05, 3.63) is 71.3 Å². The lowest BCUT2D eigenvalue weighted by Crippen LogP contribution is -2.26. The van der Waals surface area contributed by atoms with Gasteiger partial charge in [0.2, 0.25) is 6.29 Å². The number of nitriles is 1. The molecular weight excluding hydrogens is 338 g/mol. The first-order valence-corrected chi connectivity index (χ1v) is 8.27. The highest BCUT2D eigenvalue weighted by molar-refractivity contribution is 5.29. The number of hydrogen-bond acceptors (Lipinski definition) is 7. The number of hydrogen-bond donors (Lipinski definition) is 0. The molecule has 0 spiro atoms. The van der Waals surface area contributed by atoms with Gasteiger partial charge in [0.1, 0.15) is 6.07 Å². The molecule has 7 heteroatoms. The molecule has 2 heterocycles. The number of rotatable bonds is 5. The fourth-order valence-corrected chi connectivity index (χ4v) is 2.95. The number of ether oxygens (including phenoxy) is 2. The third-order valence-electron chi connectivity index (χ3n) is 4.25. The molecule has 134 valence electrons. The van der Waals surface area contributed by atoms with Crippen molar-refractivity contribution >= 4 is 0 Å². The van der Waals surface area contributed by atoms with Crippen LogP contribution in [0.5, 0.6) is 0 Å². The monoisotopic (exact) mass is 355 g/mol. The largest absolute Gasteiger partial charge is 0.318 e. The Morgan fingerprint density at radius 2 is 1.85 bits per heavy atom. The maximum Gasteiger partial charge on any atom is 0.318 e. The summed E-state index contributed by atoms with van der Waals surface area (Å²) < 4.78 is 11.2. The molecule has 2 aromatic rings. The van der Waals surface area contributed by atoms with E-state index in [4.69, 9.17) is 29.0 Å². The predicted molar refractivity (Wildman–Crippen MR) is 86.4 cm³/mol. The van der Waals surface area contributed by atoms with Crippen LogP contribution in [-0.2, 0) is 41.2 Å². The third kappa shape index (κ3) is 3.34. The summed E-state index contributed by atoms with van der Waals surface area (Å²) >= 11 is 0. The molecule has 2 aromatic carbocycles. The second-order valence-electron chi connectivity index (χ2n) is 5.89. The normalized spacial score (nSPS) is 28.1. The minimum absolute atomic E-state index is 0.101. The Hall–Kier alpha value is -2.31. The highest BCUT2D eigenvalue weighted by Gasteiger charge is 2.46. The van der Waals surface area contributed by atoms with Crippen molar-refractivity contribution in [3.63, 3.8) is 0 Å². The van der Waals surface area contributed by atoms with E-state index in [0.717, 1.165) is 11.1 Å². The fourth-order valence-electron chi connectivity index (χ4n) is 2.95. The first-order chi connectivity index (χ1) is 12.8. The molecule has 2 aliphatic heterocycles. The van der Waals surface area contributed by atoms with Crippen molar-refractivity contribution in [1.82, 2.24) is 0 Å². The zero-order chi connectivity index (χ0) is 17.8. The first-order valence-electron chi connectivity index (χ1n) is 8.27. The van der Waals surface area contributed by atoms with Gasteiger partial charge in [-0.1, -0.05) is 54.6 Å². The summed E-state index contributed by atoms with van der Waals surface area (Å²) in [5, 5.41) is 9.53. The van der Waals surface area contributed by atoms with Crippen molar-refractivity contribution in [2.45, 2.75) is 31.2 Å². The lowest BCUT2D eigenvalue weighted by atomic mass is 10.0. The van der Waals surface area contributed by atoms with Crippen LogP contribution in [0.25, 0.3) is 0 Å². The molecule has 2 saturated heterocycles. The third-order valence-corrected chi connectivity index (χ3v) is 4.25. The van der Waals surface area contributed by atoms with Crippen LogP contribution in [-0.4, -0.2) is 13.1 Å². The minimum atomic E-state index is -1.54. The molecule has 0 saturated carbocycles. The van der Waals surface area contributed by atoms with Gasteiger partial charge in [-0.3, -0.25) is 4.74 Å². The topological polar surface area (TPSA) is 79.2 Å². The number of nitrogens with zero attached hydrogens (tertiary/aromatic N) is 1. The summed E-state index contributed by atoms with van der Waals surface area (Å²) in [5.74, 6) is -1.54. The Morgan fingerprint density at radius 1 is 1.04 bits per heavy atom. The molecule has 0 aromatic heterocycles. The van der Waals surface area contributed by atoms with Gasteiger partial charge in [-0.05, 0) is 12.0 Å². The summed E-state index contributed by atoms with van der Waals surface area (Å²) in [6.07, 6.45) is -0.0788. The molecule has 0 radical (unpaired) electrons. The molecule has 7 nitrogen and oxygen atoms in total. The molecule has 0 N–H and O–H groups in total. The molecular formula is C19H17NO6. The molecule has 3 unspecified atom stereocenters. The van der Waals surface area contributed by atoms with Gasteiger partial charge >= 0.3 is 5.79 Å². The van der Waals surface area contributed by atoms with Gasteiger partial charge in [0.25, 0.3) is 0 Å². The van der Waals surface area contributed by atoms with Gasteiger partial charge in [0.05, 0.1) is 0 Å². The van der Waals surface area contributed by atoms with Crippen molar-refractivity contribution in [2.75, 3.05) is 6.79 Å². The quantitative estimate of drug-likeness (QED) is 0.762. The van der Waals surface area contributed by atoms with Crippen LogP contribution in [0.2, 0.25) is 0 Å². The van der Waals surface area contributed by atoms with E-state index in [9.17, 15) is 5.26 Å². The molecule has 0 amide bonds. The van der Waals surface area contributed by atoms with Crippen LogP contribution in [0.4, 0.5) is 0 Å². The van der Waals surface area contributed by atoms with Crippen LogP contribution in [0.15, 0.2) is 54.6 Å². The van der Waals surface area contributed by atoms with Gasteiger partial charge in [0.15, 0.2) is 13.1 Å². The maximum atomic E-state index is 9.53. The molecule has 26 heavy (non-hydrogen) atoms. The highest BCUT2D eigenvalue weighted by Crippen LogP contribution is 2.36. The van der Waals surface area contributed by atoms with E-state index in [-0.39, 0.29) is 6.79 Å². The fraction of sp³-hybridized carbons (Fsp3) is 0.316. The van der Waals surface area contributed by atoms with Crippen molar-refractivity contribution in [1.29, 1.82) is 5.26 Å². The standard InChI is InChI=1S/C19H17NO6/c20-12-19(15-7-2-1-3-8-15)23-17(24-26-19)11-10-14-6-4-5-9-16(14)18-21-13-22-25-18/h1-9,17-18H,10-11,13H2. The minimum Gasteiger partial charge on any atom is -0.316 e. The Bertz CT molecular complexity index is 786. The summed E-state index contributed by atoms with van der Waals surface area (Å²) in [4.78, 5) is 20.4. The average Bonchev–Trinajstić information content (AvgIpc) is 3.38. The summed E-state index contributed by atoms with van der Waals surface area (Å²) in [6, 6.07) is 18.8. The second-order valence-corrected chi connectivity index (χ2v) is 5.89. The second kappa shape index (κ2) is 7.51. The van der Waals surface area contributed by atoms with Crippen LogP contribution in [0, 0.1) is 11.3 Å². The van der Waals surface area contributed by atoms with Crippen molar-refractivity contribution in [2.24, 2.45) is 0 Å². The van der Waals surface area contributed by atoms with Gasteiger partial charge in [-0.2, -0.15) is 19.9 Å². The van der Waals surface area contributed by atoms with Crippen LogP contribution in [0.1, 0.15) is 29.4 Å². The number of aryl methyl sites for hydroxylation is 1. The number of benzene rings is 2. The maximum absolute atomic E-state index is 9.53. The molecule has 2 aliphatic rings. The zero-order valence-electron chi connectivity index (χ0n) is 13.9. The van der Waals surface area contributed by atoms with Gasteiger partial charge in [0, 0.05) is 17.5 Å². The molecule has 4 rings (SSSR count). The summed E-state index contributed by atoms with van der Waals surface area (Å²) in [5.41, 5.74) is 2.50. The van der Waals surface area contributed by atoms with Crippen LogP contribution < -0.4 is 0 Å². The smallest absolute Gasteiger partial charge is 0.316 e. The van der Waals surface area contributed by atoms with E-state index in [1.54, 1.807) is 12.1 Å². The molecule has 0 bridgehead atoms. The lowest BCUT2D eigenvalue weighted by Gasteiger charge is -2.17. The van der Waals surface area contributed by atoms with Gasteiger partial charge in [-0.15, -0.1) is 0 Å². The molecule has 3 atom stereocenters. The Kier molecular flexibility index (Phi) is 4.95. The Balaban J connectivity index is 1.43. The van der Waals surface area contributed by atoms with E-state index in [1.807, 2.05) is 42.5 Å². The Labute approximate surface area is 150 Å². The lowest BCUT2D eigenvalue weighted by molar-refractivity contribution is -0.319. The average molecular weight is 355 g/mol. The SMILES string of the molecule is N#CC1(c2ccccc2)OOC(CCc2ccccc2C2OCOO2)O1. The highest BCUT2D eigenvalue weighted by atomic mass is 17.3. The zero-order valence-corrected chi connectivity index (χ0v) is 13.9. The van der Waals surface area contributed by atoms with Gasteiger partial charge < -0.3 is 4.74 Å². The van der Waals surface area contributed by atoms with Crippen LogP contribution in [0.3, 0.4) is 0 Å². The van der Waals surface area contributed by atoms with Gasteiger partial charge in [-0.25, -0.2) is 4.89 Å². The predicted octanol–water partition coefficient (Wildman–Crippen LogP) is 3.23. The van der Waals surface area contributed by atoms with E-state index < -0.39 is 18.4 Å². The Morgan fingerprint density at radius 3 is 2.62 bits per heavy atom. The van der Waals surface area contributed by atoms with E-state index >= 15 is 0 Å². The van der Waals surface area contributed by atoms with E-state index in [0.29, 0.717) is 18.4 Å².